The van der Waals surface area contributed by atoms with E-state index in [1.807, 2.05) is 42.5 Å². The molecule has 0 unspecified atom stereocenters. The average Bonchev–Trinajstić information content (AvgIpc) is 2.63. The lowest BCUT2D eigenvalue weighted by Gasteiger charge is -2.27. The van der Waals surface area contributed by atoms with E-state index in [4.69, 9.17) is 19.9 Å². The van der Waals surface area contributed by atoms with Gasteiger partial charge in [-0.2, -0.15) is 0 Å². The zero-order valence-corrected chi connectivity index (χ0v) is 17.9. The molecule has 1 saturated carbocycles. The van der Waals surface area contributed by atoms with Gasteiger partial charge in [-0.1, -0.05) is 18.2 Å². The van der Waals surface area contributed by atoms with Gasteiger partial charge in [0.25, 0.3) is 0 Å². The van der Waals surface area contributed by atoms with Gasteiger partial charge in [0, 0.05) is 11.6 Å². The highest BCUT2D eigenvalue weighted by Crippen LogP contribution is 2.29. The number of nitrogens with zero attached hydrogens (tertiary/aromatic N) is 1. The predicted octanol–water partition coefficient (Wildman–Crippen LogP) is 4.18. The lowest BCUT2D eigenvalue weighted by molar-refractivity contribution is 0.119. The van der Waals surface area contributed by atoms with Gasteiger partial charge < -0.3 is 25.3 Å². The molecule has 1 fully saturated rings. The molecule has 27 heavy (non-hydrogen) atoms. The second-order valence-electron chi connectivity index (χ2n) is 6.17. The van der Waals surface area contributed by atoms with Crippen molar-refractivity contribution in [1.29, 1.82) is 0 Å². The zero-order valence-electron chi connectivity index (χ0n) is 15.6. The molecule has 0 bridgehead atoms. The topological polar surface area (TPSA) is 78.1 Å². The van der Waals surface area contributed by atoms with Crippen molar-refractivity contribution in [2.45, 2.75) is 31.9 Å². The summed E-state index contributed by atoms with van der Waals surface area (Å²) in [6.45, 7) is 0.439. The molecule has 3 rings (SSSR count). The zero-order chi connectivity index (χ0) is 18.4. The maximum atomic E-state index is 6.06. The minimum atomic E-state index is 0. The normalized spacial score (nSPS) is 13.9. The second-order valence-corrected chi connectivity index (χ2v) is 6.17. The number of aliphatic imine (C=N–C) groups is 1. The first kappa shape index (κ1) is 21.1. The van der Waals surface area contributed by atoms with Crippen molar-refractivity contribution in [3.63, 3.8) is 0 Å². The number of hydrogen-bond acceptors (Lipinski definition) is 4. The fraction of sp³-hybridized carbons (Fsp3) is 0.350. The molecular formula is C20H26IN3O3. The van der Waals surface area contributed by atoms with Gasteiger partial charge in [0.05, 0.1) is 32.6 Å². The van der Waals surface area contributed by atoms with E-state index in [2.05, 4.69) is 10.3 Å². The molecule has 0 heterocycles. The predicted molar refractivity (Wildman–Crippen MR) is 119 cm³/mol. The molecule has 1 aliphatic carbocycles. The smallest absolute Gasteiger partial charge is 0.193 e. The second kappa shape index (κ2) is 10.2. The van der Waals surface area contributed by atoms with Crippen LogP contribution < -0.4 is 25.3 Å². The number of guanidine groups is 1. The standard InChI is InChI=1S/C20H25N3O3.HI/c1-24-16-10-11-19(25-2)17(12-16)23-20(21)22-13-14-6-3-4-9-18(14)26-15-7-5-8-15;/h3-4,6,9-12,15H,5,7-8,13H2,1-2H3,(H3,21,22,23);1H. The summed E-state index contributed by atoms with van der Waals surface area (Å²) in [4.78, 5) is 4.44. The van der Waals surface area contributed by atoms with Gasteiger partial charge in [0.2, 0.25) is 0 Å². The summed E-state index contributed by atoms with van der Waals surface area (Å²) in [6.07, 6.45) is 3.81. The summed E-state index contributed by atoms with van der Waals surface area (Å²) in [7, 11) is 3.22. The summed E-state index contributed by atoms with van der Waals surface area (Å²) in [5, 5.41) is 3.07. The average molecular weight is 483 g/mol. The van der Waals surface area contributed by atoms with Gasteiger partial charge in [-0.15, -0.1) is 24.0 Å². The lowest BCUT2D eigenvalue weighted by Crippen LogP contribution is -2.25. The highest BCUT2D eigenvalue weighted by Gasteiger charge is 2.20. The highest BCUT2D eigenvalue weighted by atomic mass is 127. The molecule has 0 atom stereocenters. The molecule has 0 aliphatic heterocycles. The van der Waals surface area contributed by atoms with E-state index < -0.39 is 0 Å². The van der Waals surface area contributed by atoms with Crippen molar-refractivity contribution in [1.82, 2.24) is 0 Å². The van der Waals surface area contributed by atoms with Crippen molar-refractivity contribution < 1.29 is 14.2 Å². The van der Waals surface area contributed by atoms with E-state index in [9.17, 15) is 0 Å². The van der Waals surface area contributed by atoms with Crippen LogP contribution in [0.2, 0.25) is 0 Å². The summed E-state index contributed by atoms with van der Waals surface area (Å²) in [5.74, 6) is 2.56. The molecule has 0 amide bonds. The number of rotatable bonds is 7. The van der Waals surface area contributed by atoms with Crippen LogP contribution in [0.5, 0.6) is 17.2 Å². The molecule has 0 aromatic heterocycles. The molecule has 2 aromatic rings. The first-order valence-corrected chi connectivity index (χ1v) is 8.73. The van der Waals surface area contributed by atoms with Crippen molar-refractivity contribution in [3.05, 3.63) is 48.0 Å². The van der Waals surface area contributed by atoms with Gasteiger partial charge in [-0.3, -0.25) is 0 Å². The minimum absolute atomic E-state index is 0. The molecule has 0 saturated heterocycles. The monoisotopic (exact) mass is 483 g/mol. The third-order valence-electron chi connectivity index (χ3n) is 4.41. The quantitative estimate of drug-likeness (QED) is 0.351. The summed E-state index contributed by atoms with van der Waals surface area (Å²) >= 11 is 0. The summed E-state index contributed by atoms with van der Waals surface area (Å²) in [6, 6.07) is 13.4. The van der Waals surface area contributed by atoms with Crippen LogP contribution in [0, 0.1) is 0 Å². The van der Waals surface area contributed by atoms with Gasteiger partial charge >= 0.3 is 0 Å². The maximum Gasteiger partial charge on any atom is 0.193 e. The Hall–Kier alpha value is -2.16. The number of nitrogens with two attached hydrogens (primary N) is 1. The number of benzene rings is 2. The Bertz CT molecular complexity index is 779. The molecule has 3 N–H and O–H groups in total. The molecule has 1 aliphatic rings. The molecular weight excluding hydrogens is 457 g/mol. The third kappa shape index (κ3) is 5.66. The van der Waals surface area contributed by atoms with Crippen LogP contribution >= 0.6 is 24.0 Å². The minimum Gasteiger partial charge on any atom is -0.497 e. The molecule has 7 heteroatoms. The van der Waals surface area contributed by atoms with Crippen LogP contribution in [0.1, 0.15) is 24.8 Å². The van der Waals surface area contributed by atoms with Gasteiger partial charge in [-0.25, -0.2) is 4.99 Å². The van der Waals surface area contributed by atoms with E-state index in [-0.39, 0.29) is 24.0 Å². The molecule has 6 nitrogen and oxygen atoms in total. The molecule has 146 valence electrons. The number of halogens is 1. The fourth-order valence-corrected chi connectivity index (χ4v) is 2.68. The van der Waals surface area contributed by atoms with Crippen LogP contribution in [-0.2, 0) is 6.54 Å². The Morgan fingerprint density at radius 1 is 1.11 bits per heavy atom. The third-order valence-corrected chi connectivity index (χ3v) is 4.41. The van der Waals surface area contributed by atoms with E-state index in [1.165, 1.54) is 6.42 Å². The summed E-state index contributed by atoms with van der Waals surface area (Å²) < 4.78 is 16.6. The number of hydrogen-bond donors (Lipinski definition) is 2. The Morgan fingerprint density at radius 2 is 1.89 bits per heavy atom. The Labute approximate surface area is 177 Å². The van der Waals surface area contributed by atoms with Crippen LogP contribution in [-0.4, -0.2) is 26.3 Å². The van der Waals surface area contributed by atoms with E-state index in [1.54, 1.807) is 14.2 Å². The van der Waals surface area contributed by atoms with E-state index in [0.29, 0.717) is 35.8 Å². The van der Waals surface area contributed by atoms with Crippen molar-refractivity contribution in [3.8, 4) is 17.2 Å². The van der Waals surface area contributed by atoms with Crippen LogP contribution in [0.4, 0.5) is 5.69 Å². The number of anilines is 1. The lowest BCUT2D eigenvalue weighted by atomic mass is 9.96. The number of methoxy groups -OCH3 is 2. The number of para-hydroxylation sites is 1. The van der Waals surface area contributed by atoms with Gasteiger partial charge in [-0.05, 0) is 37.5 Å². The fourth-order valence-electron chi connectivity index (χ4n) is 2.68. The number of ether oxygens (including phenoxy) is 3. The Kier molecular flexibility index (Phi) is 8.02. The Morgan fingerprint density at radius 3 is 2.56 bits per heavy atom. The molecule has 0 spiro atoms. The first-order valence-electron chi connectivity index (χ1n) is 8.73. The van der Waals surface area contributed by atoms with Crippen LogP contribution in [0.15, 0.2) is 47.5 Å². The number of nitrogens with one attached hydrogen (secondary N) is 1. The molecule has 2 aromatic carbocycles. The van der Waals surface area contributed by atoms with Crippen molar-refractivity contribution in [2.75, 3.05) is 19.5 Å². The first-order chi connectivity index (χ1) is 12.7. The Balaban J connectivity index is 0.00000261. The van der Waals surface area contributed by atoms with Crippen molar-refractivity contribution >= 4 is 35.6 Å². The van der Waals surface area contributed by atoms with Crippen LogP contribution in [0.3, 0.4) is 0 Å². The van der Waals surface area contributed by atoms with Crippen LogP contribution in [0.25, 0.3) is 0 Å². The van der Waals surface area contributed by atoms with Crippen molar-refractivity contribution in [2.24, 2.45) is 10.7 Å². The van der Waals surface area contributed by atoms with Gasteiger partial charge in [0.1, 0.15) is 17.2 Å². The maximum absolute atomic E-state index is 6.06. The highest BCUT2D eigenvalue weighted by molar-refractivity contribution is 14.0. The van der Waals surface area contributed by atoms with E-state index in [0.717, 1.165) is 24.2 Å². The molecule has 0 radical (unpaired) electrons. The SMILES string of the molecule is COc1ccc(OC)c(NC(N)=NCc2ccccc2OC2CCC2)c1.I. The van der Waals surface area contributed by atoms with Gasteiger partial charge in [0.15, 0.2) is 5.96 Å². The largest absolute Gasteiger partial charge is 0.497 e. The summed E-state index contributed by atoms with van der Waals surface area (Å²) in [5.41, 5.74) is 7.78. The van der Waals surface area contributed by atoms with E-state index >= 15 is 0 Å².